The molecule has 0 spiro atoms. The molecule has 0 fully saturated rings. The normalized spacial score (nSPS) is 13.5. The fourth-order valence-electron chi connectivity index (χ4n) is 2.70. The van der Waals surface area contributed by atoms with Gasteiger partial charge < -0.3 is 9.64 Å². The summed E-state index contributed by atoms with van der Waals surface area (Å²) >= 11 is 0. The first-order valence-corrected chi connectivity index (χ1v) is 8.09. The van der Waals surface area contributed by atoms with Crippen molar-refractivity contribution in [3.63, 3.8) is 0 Å². The molecule has 130 valence electrons. The van der Waals surface area contributed by atoms with Crippen molar-refractivity contribution in [3.8, 4) is 5.75 Å². The van der Waals surface area contributed by atoms with Crippen LogP contribution in [0, 0.1) is 5.82 Å². The molecule has 0 aliphatic carbocycles. The average molecular weight is 342 g/mol. The van der Waals surface area contributed by atoms with Crippen LogP contribution in [0.15, 0.2) is 48.5 Å². The highest BCUT2D eigenvalue weighted by Gasteiger charge is 2.34. The molecule has 2 aromatic rings. The number of benzene rings is 2. The maximum atomic E-state index is 13.5. The predicted molar refractivity (Wildman–Crippen MR) is 91.2 cm³/mol. The van der Waals surface area contributed by atoms with E-state index in [1.165, 1.54) is 11.0 Å². The summed E-state index contributed by atoms with van der Waals surface area (Å²) in [6.07, 6.45) is 0. The van der Waals surface area contributed by atoms with Gasteiger partial charge in [-0.2, -0.15) is 0 Å². The second kappa shape index (κ2) is 7.44. The number of rotatable bonds is 7. The number of hydrogen-bond donors (Lipinski definition) is 0. The molecule has 2 amide bonds. The Kier molecular flexibility index (Phi) is 5.09. The lowest BCUT2D eigenvalue weighted by molar-refractivity contribution is 0.0639. The molecule has 1 aliphatic heterocycles. The quantitative estimate of drug-likeness (QED) is 0.725. The van der Waals surface area contributed by atoms with E-state index >= 15 is 0 Å². The van der Waals surface area contributed by atoms with Crippen molar-refractivity contribution in [1.82, 2.24) is 9.80 Å². The van der Waals surface area contributed by atoms with Crippen LogP contribution in [0.5, 0.6) is 5.75 Å². The van der Waals surface area contributed by atoms with Gasteiger partial charge in [0.2, 0.25) is 0 Å². The molecule has 1 heterocycles. The first-order chi connectivity index (χ1) is 12.1. The van der Waals surface area contributed by atoms with Crippen molar-refractivity contribution in [3.05, 3.63) is 65.5 Å². The van der Waals surface area contributed by atoms with Gasteiger partial charge in [0.25, 0.3) is 11.8 Å². The molecule has 0 N–H and O–H groups in total. The number of amides is 2. The predicted octanol–water partition coefficient (Wildman–Crippen LogP) is 2.43. The van der Waals surface area contributed by atoms with Gasteiger partial charge in [-0.3, -0.25) is 14.5 Å². The summed E-state index contributed by atoms with van der Waals surface area (Å²) in [6, 6.07) is 13.1. The van der Waals surface area contributed by atoms with Gasteiger partial charge in [-0.1, -0.05) is 24.3 Å². The molecule has 0 saturated heterocycles. The third-order valence-electron chi connectivity index (χ3n) is 4.15. The third-order valence-corrected chi connectivity index (χ3v) is 4.15. The fourth-order valence-corrected chi connectivity index (χ4v) is 2.70. The van der Waals surface area contributed by atoms with Crippen LogP contribution < -0.4 is 4.74 Å². The largest absolute Gasteiger partial charge is 0.489 e. The van der Waals surface area contributed by atoms with Crippen molar-refractivity contribution < 1.29 is 18.7 Å². The molecular formula is C19H19FN2O3. The number of carbonyl (C=O) groups is 2. The first kappa shape index (κ1) is 17.1. The number of halogens is 1. The molecule has 0 radical (unpaired) electrons. The molecule has 5 nitrogen and oxygen atoms in total. The topological polar surface area (TPSA) is 49.9 Å². The van der Waals surface area contributed by atoms with Gasteiger partial charge in [0.05, 0.1) is 11.1 Å². The van der Waals surface area contributed by atoms with Crippen LogP contribution in [-0.2, 0) is 0 Å². The zero-order valence-corrected chi connectivity index (χ0v) is 13.9. The molecule has 25 heavy (non-hydrogen) atoms. The number of fused-ring (bicyclic) bond motifs is 1. The van der Waals surface area contributed by atoms with Gasteiger partial charge >= 0.3 is 0 Å². The Morgan fingerprint density at radius 1 is 0.960 bits per heavy atom. The monoisotopic (exact) mass is 342 g/mol. The van der Waals surface area contributed by atoms with Crippen molar-refractivity contribution in [2.45, 2.75) is 0 Å². The minimum Gasteiger partial charge on any atom is -0.489 e. The standard InChI is InChI=1S/C19H19FN2O3/c1-21(12-13-25-17-9-5-4-8-16(17)20)10-11-22-18(23)14-6-2-3-7-15(14)19(22)24/h2-9H,10-13H2,1H3. The number of hydrogen-bond acceptors (Lipinski definition) is 4. The fraction of sp³-hybridized carbons (Fsp3) is 0.263. The summed E-state index contributed by atoms with van der Waals surface area (Å²) in [4.78, 5) is 27.8. The molecule has 0 bridgehead atoms. The maximum Gasteiger partial charge on any atom is 0.261 e. The lowest BCUT2D eigenvalue weighted by Gasteiger charge is -2.20. The zero-order valence-electron chi connectivity index (χ0n) is 13.9. The Morgan fingerprint density at radius 2 is 1.56 bits per heavy atom. The second-order valence-electron chi connectivity index (χ2n) is 5.89. The molecule has 0 aromatic heterocycles. The molecule has 1 aliphatic rings. The Hall–Kier alpha value is -2.73. The first-order valence-electron chi connectivity index (χ1n) is 8.09. The van der Waals surface area contributed by atoms with E-state index in [9.17, 15) is 14.0 Å². The van der Waals surface area contributed by atoms with E-state index in [1.54, 1.807) is 42.5 Å². The molecule has 3 rings (SSSR count). The molecule has 2 aromatic carbocycles. The van der Waals surface area contributed by atoms with E-state index < -0.39 is 5.82 Å². The Bertz CT molecular complexity index is 759. The Labute approximate surface area is 145 Å². The van der Waals surface area contributed by atoms with E-state index in [4.69, 9.17) is 4.74 Å². The van der Waals surface area contributed by atoms with Crippen molar-refractivity contribution in [1.29, 1.82) is 0 Å². The van der Waals surface area contributed by atoms with Crippen LogP contribution in [0.4, 0.5) is 4.39 Å². The van der Waals surface area contributed by atoms with Crippen LogP contribution in [0.25, 0.3) is 0 Å². The summed E-state index contributed by atoms with van der Waals surface area (Å²) in [5, 5.41) is 0. The Balaban J connectivity index is 1.47. The Morgan fingerprint density at radius 3 is 2.20 bits per heavy atom. The second-order valence-corrected chi connectivity index (χ2v) is 5.89. The van der Waals surface area contributed by atoms with Crippen LogP contribution in [0.1, 0.15) is 20.7 Å². The SMILES string of the molecule is CN(CCOc1ccccc1F)CCN1C(=O)c2ccccc2C1=O. The zero-order chi connectivity index (χ0) is 17.8. The molecular weight excluding hydrogens is 323 g/mol. The minimum absolute atomic E-state index is 0.219. The molecule has 0 unspecified atom stereocenters. The molecule has 6 heteroatoms. The molecule has 0 atom stereocenters. The van der Waals surface area contributed by atoms with Crippen molar-refractivity contribution in [2.75, 3.05) is 33.3 Å². The van der Waals surface area contributed by atoms with E-state index in [0.717, 1.165) is 0 Å². The van der Waals surface area contributed by atoms with Crippen molar-refractivity contribution in [2.24, 2.45) is 0 Å². The van der Waals surface area contributed by atoms with Gasteiger partial charge in [0, 0.05) is 19.6 Å². The van der Waals surface area contributed by atoms with Crippen molar-refractivity contribution >= 4 is 11.8 Å². The molecule has 0 saturated carbocycles. The van der Waals surface area contributed by atoms with Gasteiger partial charge in [0.1, 0.15) is 6.61 Å². The highest BCUT2D eigenvalue weighted by atomic mass is 19.1. The van der Waals surface area contributed by atoms with Crippen LogP contribution >= 0.6 is 0 Å². The number of para-hydroxylation sites is 1. The third kappa shape index (κ3) is 3.69. The summed E-state index contributed by atoms with van der Waals surface area (Å²) < 4.78 is 18.9. The number of ether oxygens (including phenoxy) is 1. The average Bonchev–Trinajstić information content (AvgIpc) is 2.86. The van der Waals surface area contributed by atoms with Gasteiger partial charge in [-0.05, 0) is 31.3 Å². The summed E-state index contributed by atoms with van der Waals surface area (Å²) in [6.45, 7) is 1.70. The van der Waals surface area contributed by atoms with E-state index in [0.29, 0.717) is 37.4 Å². The van der Waals surface area contributed by atoms with Crippen LogP contribution in [0.3, 0.4) is 0 Å². The van der Waals surface area contributed by atoms with E-state index in [1.807, 2.05) is 11.9 Å². The summed E-state index contributed by atoms with van der Waals surface area (Å²) in [5.74, 6) is -0.680. The highest BCUT2D eigenvalue weighted by molar-refractivity contribution is 6.21. The highest BCUT2D eigenvalue weighted by Crippen LogP contribution is 2.22. The lowest BCUT2D eigenvalue weighted by atomic mass is 10.1. The minimum atomic E-state index is -0.392. The number of carbonyl (C=O) groups excluding carboxylic acids is 2. The number of nitrogens with zero attached hydrogens (tertiary/aromatic N) is 2. The van der Waals surface area contributed by atoms with Crippen LogP contribution in [-0.4, -0.2) is 54.9 Å². The number of imide groups is 1. The summed E-state index contributed by atoms with van der Waals surface area (Å²) in [7, 11) is 1.86. The van der Waals surface area contributed by atoms with Crippen LogP contribution in [0.2, 0.25) is 0 Å². The summed E-state index contributed by atoms with van der Waals surface area (Å²) in [5.41, 5.74) is 0.913. The lowest BCUT2D eigenvalue weighted by Crippen LogP contribution is -2.38. The van der Waals surface area contributed by atoms with Gasteiger partial charge in [-0.25, -0.2) is 4.39 Å². The van der Waals surface area contributed by atoms with Gasteiger partial charge in [0.15, 0.2) is 11.6 Å². The maximum absolute atomic E-state index is 13.5. The number of likely N-dealkylation sites (N-methyl/N-ethyl adjacent to an activating group) is 1. The smallest absolute Gasteiger partial charge is 0.261 e. The van der Waals surface area contributed by atoms with Gasteiger partial charge in [-0.15, -0.1) is 0 Å². The van der Waals surface area contributed by atoms with E-state index in [2.05, 4.69) is 0 Å². The van der Waals surface area contributed by atoms with E-state index in [-0.39, 0.29) is 17.6 Å².